The Bertz CT molecular complexity index is 559. The van der Waals surface area contributed by atoms with E-state index in [0.717, 1.165) is 29.4 Å². The number of aromatic nitrogens is 1. The van der Waals surface area contributed by atoms with E-state index < -0.39 is 0 Å². The quantitative estimate of drug-likeness (QED) is 0.897. The third-order valence-corrected chi connectivity index (χ3v) is 3.34. The summed E-state index contributed by atoms with van der Waals surface area (Å²) >= 11 is 1.36. The number of nitrogens with one attached hydrogen (secondary N) is 1. The Morgan fingerprint density at radius 3 is 3.00 bits per heavy atom. The summed E-state index contributed by atoms with van der Waals surface area (Å²) < 4.78 is 5.29. The van der Waals surface area contributed by atoms with Crippen molar-refractivity contribution in [3.8, 4) is 11.8 Å². The second-order valence-electron chi connectivity index (χ2n) is 3.63. The van der Waals surface area contributed by atoms with E-state index in [1.165, 1.54) is 11.3 Å². The molecular formula is C13H13N3OS. The van der Waals surface area contributed by atoms with E-state index in [4.69, 9.17) is 10.00 Å². The molecule has 0 spiro atoms. The Hall–Kier alpha value is -2.06. The zero-order valence-corrected chi connectivity index (χ0v) is 10.8. The molecule has 1 N–H and O–H groups in total. The highest BCUT2D eigenvalue weighted by Gasteiger charge is 2.03. The highest BCUT2D eigenvalue weighted by molar-refractivity contribution is 7.16. The third kappa shape index (κ3) is 2.99. The number of hydrogen-bond donors (Lipinski definition) is 1. The Labute approximate surface area is 110 Å². The van der Waals surface area contributed by atoms with Crippen LogP contribution in [0.25, 0.3) is 0 Å². The Morgan fingerprint density at radius 1 is 1.44 bits per heavy atom. The van der Waals surface area contributed by atoms with Crippen molar-refractivity contribution in [3.63, 3.8) is 0 Å². The van der Waals surface area contributed by atoms with Gasteiger partial charge in [-0.1, -0.05) is 29.5 Å². The average Bonchev–Trinajstić information content (AvgIpc) is 2.87. The molecule has 0 unspecified atom stereocenters. The largest absolute Gasteiger partial charge is 0.496 e. The number of methoxy groups -OCH3 is 1. The molecule has 92 valence electrons. The molecule has 0 radical (unpaired) electrons. The van der Waals surface area contributed by atoms with Gasteiger partial charge in [0.1, 0.15) is 16.7 Å². The fourth-order valence-electron chi connectivity index (χ4n) is 1.62. The number of rotatable bonds is 5. The first-order valence-corrected chi connectivity index (χ1v) is 6.37. The van der Waals surface area contributed by atoms with Crippen LogP contribution in [-0.2, 0) is 6.42 Å². The van der Waals surface area contributed by atoms with Crippen LogP contribution in [-0.4, -0.2) is 18.6 Å². The van der Waals surface area contributed by atoms with Gasteiger partial charge in [-0.2, -0.15) is 5.26 Å². The molecule has 1 aromatic heterocycles. The van der Waals surface area contributed by atoms with E-state index in [9.17, 15) is 0 Å². The lowest BCUT2D eigenvalue weighted by atomic mass is 10.1. The minimum absolute atomic E-state index is 0.620. The van der Waals surface area contributed by atoms with Gasteiger partial charge in [-0.3, -0.25) is 0 Å². The molecule has 0 aliphatic carbocycles. The Balaban J connectivity index is 1.90. The van der Waals surface area contributed by atoms with E-state index in [2.05, 4.69) is 16.4 Å². The van der Waals surface area contributed by atoms with E-state index in [0.29, 0.717) is 4.88 Å². The molecule has 0 aliphatic rings. The fourth-order valence-corrected chi connectivity index (χ4v) is 2.26. The van der Waals surface area contributed by atoms with Crippen LogP contribution < -0.4 is 10.1 Å². The van der Waals surface area contributed by atoms with Gasteiger partial charge >= 0.3 is 0 Å². The van der Waals surface area contributed by atoms with Crippen molar-refractivity contribution in [2.24, 2.45) is 0 Å². The van der Waals surface area contributed by atoms with Crippen molar-refractivity contribution in [2.45, 2.75) is 6.42 Å². The van der Waals surface area contributed by atoms with E-state index >= 15 is 0 Å². The van der Waals surface area contributed by atoms with Crippen LogP contribution in [0.4, 0.5) is 5.13 Å². The van der Waals surface area contributed by atoms with E-state index in [1.54, 1.807) is 13.3 Å². The molecule has 4 nitrogen and oxygen atoms in total. The van der Waals surface area contributed by atoms with Gasteiger partial charge < -0.3 is 10.1 Å². The van der Waals surface area contributed by atoms with Gasteiger partial charge in [0.15, 0.2) is 5.13 Å². The molecule has 0 atom stereocenters. The Morgan fingerprint density at radius 2 is 2.28 bits per heavy atom. The summed E-state index contributed by atoms with van der Waals surface area (Å²) in [5.41, 5.74) is 1.16. The lowest BCUT2D eigenvalue weighted by molar-refractivity contribution is 0.410. The number of nitriles is 1. The maximum absolute atomic E-state index is 8.70. The maximum Gasteiger partial charge on any atom is 0.183 e. The SMILES string of the molecule is COc1ccccc1CCNc1ncc(C#N)s1. The number of para-hydroxylation sites is 1. The van der Waals surface area contributed by atoms with Crippen molar-refractivity contribution in [3.05, 3.63) is 40.9 Å². The van der Waals surface area contributed by atoms with Crippen molar-refractivity contribution < 1.29 is 4.74 Å². The summed E-state index contributed by atoms with van der Waals surface area (Å²) in [5, 5.41) is 12.7. The van der Waals surface area contributed by atoms with Gasteiger partial charge in [0.05, 0.1) is 13.3 Å². The predicted octanol–water partition coefficient (Wildman–Crippen LogP) is 2.68. The number of hydrogen-bond acceptors (Lipinski definition) is 5. The van der Waals surface area contributed by atoms with Crippen LogP contribution in [0.15, 0.2) is 30.5 Å². The maximum atomic E-state index is 8.70. The molecule has 1 aromatic carbocycles. The summed E-state index contributed by atoms with van der Waals surface area (Å²) in [7, 11) is 1.67. The molecule has 18 heavy (non-hydrogen) atoms. The number of anilines is 1. The molecule has 0 aliphatic heterocycles. The molecule has 0 fully saturated rings. The standard InChI is InChI=1S/C13H13N3OS/c1-17-12-5-3-2-4-10(12)6-7-15-13-16-9-11(8-14)18-13/h2-5,9H,6-7H2,1H3,(H,15,16). The van der Waals surface area contributed by atoms with Gasteiger partial charge in [0.2, 0.25) is 0 Å². The van der Waals surface area contributed by atoms with Crippen LogP contribution in [0, 0.1) is 11.3 Å². The summed E-state index contributed by atoms with van der Waals surface area (Å²) in [4.78, 5) is 4.73. The minimum atomic E-state index is 0.620. The van der Waals surface area contributed by atoms with Crippen molar-refractivity contribution in [1.29, 1.82) is 5.26 Å². The monoisotopic (exact) mass is 259 g/mol. The number of benzene rings is 1. The van der Waals surface area contributed by atoms with Crippen molar-refractivity contribution in [2.75, 3.05) is 19.0 Å². The van der Waals surface area contributed by atoms with Crippen LogP contribution >= 0.6 is 11.3 Å². The molecular weight excluding hydrogens is 246 g/mol. The highest BCUT2D eigenvalue weighted by Crippen LogP contribution is 2.19. The number of nitrogens with zero attached hydrogens (tertiary/aromatic N) is 2. The zero-order chi connectivity index (χ0) is 12.8. The predicted molar refractivity (Wildman–Crippen MR) is 72.0 cm³/mol. The lowest BCUT2D eigenvalue weighted by Crippen LogP contribution is -2.05. The molecule has 2 rings (SSSR count). The summed E-state index contributed by atoms with van der Waals surface area (Å²) in [5.74, 6) is 0.899. The van der Waals surface area contributed by atoms with Crippen LogP contribution in [0.3, 0.4) is 0 Å². The molecule has 0 amide bonds. The van der Waals surface area contributed by atoms with Crippen LogP contribution in [0.5, 0.6) is 5.75 Å². The lowest BCUT2D eigenvalue weighted by Gasteiger charge is -2.08. The first-order chi connectivity index (χ1) is 8.83. The summed E-state index contributed by atoms with van der Waals surface area (Å²) in [6, 6.07) is 10.0. The smallest absolute Gasteiger partial charge is 0.183 e. The van der Waals surface area contributed by atoms with Crippen molar-refractivity contribution >= 4 is 16.5 Å². The highest BCUT2D eigenvalue weighted by atomic mass is 32.1. The van der Waals surface area contributed by atoms with Crippen LogP contribution in [0.1, 0.15) is 10.4 Å². The van der Waals surface area contributed by atoms with Crippen LogP contribution in [0.2, 0.25) is 0 Å². The molecule has 0 saturated carbocycles. The number of thiazole rings is 1. The topological polar surface area (TPSA) is 57.9 Å². The first-order valence-electron chi connectivity index (χ1n) is 5.55. The zero-order valence-electron chi connectivity index (χ0n) is 10.0. The van der Waals surface area contributed by atoms with Gasteiger partial charge in [0.25, 0.3) is 0 Å². The minimum Gasteiger partial charge on any atom is -0.496 e. The van der Waals surface area contributed by atoms with Gasteiger partial charge in [-0.15, -0.1) is 0 Å². The molecule has 5 heteroatoms. The fraction of sp³-hybridized carbons (Fsp3) is 0.231. The van der Waals surface area contributed by atoms with Crippen molar-refractivity contribution in [1.82, 2.24) is 4.98 Å². The molecule has 2 aromatic rings. The average molecular weight is 259 g/mol. The molecule has 1 heterocycles. The normalized spacial score (nSPS) is 9.78. The van der Waals surface area contributed by atoms with Gasteiger partial charge in [-0.05, 0) is 18.1 Å². The second-order valence-corrected chi connectivity index (χ2v) is 4.66. The van der Waals surface area contributed by atoms with Gasteiger partial charge in [0, 0.05) is 6.54 Å². The summed E-state index contributed by atoms with van der Waals surface area (Å²) in [6.45, 7) is 0.763. The summed E-state index contributed by atoms with van der Waals surface area (Å²) in [6.07, 6.45) is 2.43. The molecule has 0 bridgehead atoms. The van der Waals surface area contributed by atoms with E-state index in [-0.39, 0.29) is 0 Å². The first kappa shape index (κ1) is 12.4. The second kappa shape index (κ2) is 6.03. The number of ether oxygens (including phenoxy) is 1. The molecule has 0 saturated heterocycles. The van der Waals surface area contributed by atoms with E-state index in [1.807, 2.05) is 24.3 Å². The third-order valence-electron chi connectivity index (χ3n) is 2.48. The Kier molecular flexibility index (Phi) is 4.15. The van der Waals surface area contributed by atoms with Gasteiger partial charge in [-0.25, -0.2) is 4.98 Å².